The van der Waals surface area contributed by atoms with Crippen molar-refractivity contribution in [3.63, 3.8) is 0 Å². The summed E-state index contributed by atoms with van der Waals surface area (Å²) in [7, 11) is 0. The van der Waals surface area contributed by atoms with Crippen LogP contribution >= 0.6 is 0 Å². The Kier molecular flexibility index (Phi) is 3.19. The Labute approximate surface area is 157 Å². The fourth-order valence-electron chi connectivity index (χ4n) is 7.98. The van der Waals surface area contributed by atoms with E-state index in [1.165, 1.54) is 0 Å². The van der Waals surface area contributed by atoms with Gasteiger partial charge < -0.3 is 30.3 Å². The van der Waals surface area contributed by atoms with Crippen LogP contribution in [0.3, 0.4) is 0 Å². The lowest BCUT2D eigenvalue weighted by molar-refractivity contribution is -0.442. The molecule has 0 aromatic carbocycles. The normalized spacial score (nSPS) is 60.6. The van der Waals surface area contributed by atoms with Gasteiger partial charge in [0.15, 0.2) is 0 Å². The first-order valence-corrected chi connectivity index (χ1v) is 9.85. The number of ether oxygens (including phenoxy) is 1. The van der Waals surface area contributed by atoms with E-state index < -0.39 is 70.2 Å². The summed E-state index contributed by atoms with van der Waals surface area (Å²) in [4.78, 5) is 13.2. The molecule has 2 spiro atoms. The molecule has 2 aliphatic heterocycles. The van der Waals surface area contributed by atoms with Gasteiger partial charge >= 0.3 is 5.97 Å². The van der Waals surface area contributed by atoms with Crippen LogP contribution < -0.4 is 0 Å². The number of fused-ring (bicyclic) bond motifs is 2. The summed E-state index contributed by atoms with van der Waals surface area (Å²) in [6.45, 7) is 7.76. The molecule has 4 saturated carbocycles. The van der Waals surface area contributed by atoms with Crippen molar-refractivity contribution in [1.29, 1.82) is 0 Å². The molecule has 150 valence electrons. The molecule has 6 rings (SSSR count). The summed E-state index contributed by atoms with van der Waals surface area (Å²) >= 11 is 0. The number of hydrogen-bond donors (Lipinski definition) is 5. The van der Waals surface area contributed by atoms with Crippen LogP contribution in [0.15, 0.2) is 12.2 Å². The summed E-state index contributed by atoms with van der Waals surface area (Å²) in [5.74, 6) is -5.03. The van der Waals surface area contributed by atoms with E-state index in [4.69, 9.17) is 4.74 Å². The van der Waals surface area contributed by atoms with Gasteiger partial charge in [-0.1, -0.05) is 20.4 Å². The van der Waals surface area contributed by atoms with Crippen molar-refractivity contribution in [2.45, 2.75) is 69.7 Å². The minimum absolute atomic E-state index is 0.354. The fourth-order valence-corrected chi connectivity index (χ4v) is 7.98. The first-order valence-electron chi connectivity index (χ1n) is 9.85. The molecule has 4 bridgehead atoms. The van der Waals surface area contributed by atoms with E-state index in [1.807, 2.05) is 13.8 Å². The smallest absolute Gasteiger partial charge is 0.318 e. The Morgan fingerprint density at radius 1 is 1.07 bits per heavy atom. The van der Waals surface area contributed by atoms with Crippen LogP contribution in [0.2, 0.25) is 0 Å². The summed E-state index contributed by atoms with van der Waals surface area (Å²) in [6, 6.07) is 0. The lowest BCUT2D eigenvalue weighted by Gasteiger charge is -2.74. The van der Waals surface area contributed by atoms with Crippen molar-refractivity contribution in [3.05, 3.63) is 12.2 Å². The number of hydrogen-bond acceptors (Lipinski definition) is 7. The minimum atomic E-state index is -2.42. The number of rotatable bonds is 0. The minimum Gasteiger partial charge on any atom is -0.429 e. The quantitative estimate of drug-likeness (QED) is 0.288. The maximum Gasteiger partial charge on any atom is 0.318 e. The van der Waals surface area contributed by atoms with Crippen molar-refractivity contribution in [2.75, 3.05) is 0 Å². The Bertz CT molecular complexity index is 749. The zero-order chi connectivity index (χ0) is 19.7. The Morgan fingerprint density at radius 3 is 2.41 bits per heavy atom. The van der Waals surface area contributed by atoms with Gasteiger partial charge in [0.25, 0.3) is 0 Å². The molecular formula is C20H28O7. The van der Waals surface area contributed by atoms with Gasteiger partial charge in [-0.05, 0) is 42.6 Å². The van der Waals surface area contributed by atoms with Gasteiger partial charge in [-0.25, -0.2) is 0 Å². The summed E-state index contributed by atoms with van der Waals surface area (Å²) in [6.07, 6.45) is -3.25. The predicted molar refractivity (Wildman–Crippen MR) is 91.8 cm³/mol. The average Bonchev–Trinajstić information content (AvgIpc) is 2.70. The van der Waals surface area contributed by atoms with Gasteiger partial charge in [0.1, 0.15) is 11.5 Å². The second-order valence-corrected chi connectivity index (χ2v) is 10.1. The van der Waals surface area contributed by atoms with Crippen molar-refractivity contribution >= 4 is 5.97 Å². The second kappa shape index (κ2) is 4.76. The zero-order valence-electron chi connectivity index (χ0n) is 15.6. The monoisotopic (exact) mass is 380 g/mol. The maximum absolute atomic E-state index is 13.2. The standard InChI is InChI=1S/C20H28O7/c1-8-9-4-5-10-18-11(21)6-7-17(2,3)12(18)15(24)20(26,27-16(18)25)19(10,13(8)22)14(9)23/h9-15,21-24,26H,1,4-7H2,2-3H3/t9-,10?,11+,12?,13-,14-,15+,18+,19+,20+/m1/s1. The van der Waals surface area contributed by atoms with Crippen LogP contribution in [0.4, 0.5) is 0 Å². The molecule has 10 atom stereocenters. The topological polar surface area (TPSA) is 127 Å². The molecule has 27 heavy (non-hydrogen) atoms. The van der Waals surface area contributed by atoms with Gasteiger partial charge in [-0.15, -0.1) is 0 Å². The van der Waals surface area contributed by atoms with Gasteiger partial charge in [0, 0.05) is 11.8 Å². The average molecular weight is 380 g/mol. The Hall–Kier alpha value is -0.990. The highest BCUT2D eigenvalue weighted by Gasteiger charge is 2.89. The van der Waals surface area contributed by atoms with Crippen LogP contribution in [-0.4, -0.2) is 61.7 Å². The molecule has 6 aliphatic rings. The van der Waals surface area contributed by atoms with E-state index in [-0.39, 0.29) is 0 Å². The molecule has 7 heteroatoms. The van der Waals surface area contributed by atoms with E-state index in [0.717, 1.165) is 0 Å². The third-order valence-corrected chi connectivity index (χ3v) is 8.98. The highest BCUT2D eigenvalue weighted by Crippen LogP contribution is 2.77. The number of esters is 1. The molecule has 2 unspecified atom stereocenters. The Balaban J connectivity index is 1.84. The van der Waals surface area contributed by atoms with Crippen LogP contribution in [0.25, 0.3) is 0 Å². The summed E-state index contributed by atoms with van der Waals surface area (Å²) in [5.41, 5.74) is -3.28. The molecular weight excluding hydrogens is 352 g/mol. The number of carbonyl (C=O) groups is 1. The largest absolute Gasteiger partial charge is 0.429 e. The molecule has 2 heterocycles. The van der Waals surface area contributed by atoms with E-state index >= 15 is 0 Å². The summed E-state index contributed by atoms with van der Waals surface area (Å²) in [5, 5.41) is 56.3. The molecule has 6 fully saturated rings. The Morgan fingerprint density at radius 2 is 1.74 bits per heavy atom. The van der Waals surface area contributed by atoms with Crippen molar-refractivity contribution in [1.82, 2.24) is 0 Å². The molecule has 0 radical (unpaired) electrons. The van der Waals surface area contributed by atoms with E-state index in [9.17, 15) is 30.3 Å². The zero-order valence-corrected chi connectivity index (χ0v) is 15.6. The van der Waals surface area contributed by atoms with E-state index in [2.05, 4.69) is 6.58 Å². The first kappa shape index (κ1) is 18.1. The highest BCUT2D eigenvalue weighted by molar-refractivity contribution is 5.83. The fraction of sp³-hybridized carbons (Fsp3) is 0.850. The molecule has 0 aromatic heterocycles. The molecule has 7 nitrogen and oxygen atoms in total. The molecule has 0 aromatic rings. The molecule has 4 aliphatic carbocycles. The predicted octanol–water partition coefficient (Wildman–Crippen LogP) is -0.306. The van der Waals surface area contributed by atoms with E-state index in [0.29, 0.717) is 31.3 Å². The van der Waals surface area contributed by atoms with Crippen LogP contribution in [0, 0.1) is 34.0 Å². The van der Waals surface area contributed by atoms with Crippen molar-refractivity contribution in [3.8, 4) is 0 Å². The van der Waals surface area contributed by atoms with Crippen molar-refractivity contribution in [2.24, 2.45) is 34.0 Å². The van der Waals surface area contributed by atoms with Crippen molar-refractivity contribution < 1.29 is 35.1 Å². The van der Waals surface area contributed by atoms with Gasteiger partial charge in [0.05, 0.1) is 23.7 Å². The number of carbonyl (C=O) groups excluding carboxylic acids is 1. The lowest BCUT2D eigenvalue weighted by atomic mass is 9.35. The molecule has 5 N–H and O–H groups in total. The van der Waals surface area contributed by atoms with Gasteiger partial charge in [-0.2, -0.15) is 0 Å². The third-order valence-electron chi connectivity index (χ3n) is 8.98. The SMILES string of the molecule is C=C1[C@H]2CCC3[C@@]45C(=O)O[C@@](O)([C@@H](O)C4C(C)(C)CC[C@@H]5O)[C@@]3([C@@H]1O)[C@@H]2O. The van der Waals surface area contributed by atoms with E-state index in [1.54, 1.807) is 0 Å². The number of aliphatic hydroxyl groups excluding tert-OH is 4. The molecule has 0 amide bonds. The summed E-state index contributed by atoms with van der Waals surface area (Å²) < 4.78 is 5.43. The van der Waals surface area contributed by atoms with Crippen LogP contribution in [0.5, 0.6) is 0 Å². The third kappa shape index (κ3) is 1.50. The van der Waals surface area contributed by atoms with Gasteiger partial charge in [-0.3, -0.25) is 4.79 Å². The first-order chi connectivity index (χ1) is 12.5. The lowest BCUT2D eigenvalue weighted by Crippen LogP contribution is -2.87. The number of aliphatic hydroxyl groups is 5. The highest BCUT2D eigenvalue weighted by atomic mass is 16.7. The second-order valence-electron chi connectivity index (χ2n) is 10.1. The molecule has 2 saturated heterocycles. The van der Waals surface area contributed by atoms with Gasteiger partial charge in [0.2, 0.25) is 5.79 Å². The van der Waals surface area contributed by atoms with Crippen LogP contribution in [0.1, 0.15) is 39.5 Å². The van der Waals surface area contributed by atoms with Crippen LogP contribution in [-0.2, 0) is 9.53 Å². The maximum atomic E-state index is 13.2.